The van der Waals surface area contributed by atoms with E-state index < -0.39 is 31.3 Å². The van der Waals surface area contributed by atoms with Crippen molar-refractivity contribution in [1.82, 2.24) is 14.3 Å². The molecule has 0 aliphatic rings. The first-order valence-electron chi connectivity index (χ1n) is 15.5. The number of rotatable bonds is 14. The van der Waals surface area contributed by atoms with Gasteiger partial charge in [0.1, 0.15) is 29.8 Å². The van der Waals surface area contributed by atoms with Crippen LogP contribution < -0.4 is 10.5 Å². The molecule has 12 heteroatoms. The SMILES string of the molecule is CCOC(=O)CCc1cccc(Cc2cc(N)n(-c3cc(Oc4c(F)cc5c(ccn5COCC[Si](C)(C)C)c4F)ccc3F)n2)c1. The number of aryl methyl sites for hydroxylation is 1. The van der Waals surface area contributed by atoms with Crippen molar-refractivity contribution in [1.29, 1.82) is 0 Å². The Kier molecular flexibility index (Phi) is 10.4. The second-order valence-corrected chi connectivity index (χ2v) is 18.2. The van der Waals surface area contributed by atoms with Crippen LogP contribution >= 0.6 is 0 Å². The van der Waals surface area contributed by atoms with Gasteiger partial charge in [0.25, 0.3) is 0 Å². The summed E-state index contributed by atoms with van der Waals surface area (Å²) in [5, 5.41) is 4.67. The van der Waals surface area contributed by atoms with E-state index in [0.29, 0.717) is 37.3 Å². The fourth-order valence-electron chi connectivity index (χ4n) is 5.14. The minimum absolute atomic E-state index is 0.00147. The van der Waals surface area contributed by atoms with Crippen LogP contribution in [0.25, 0.3) is 16.6 Å². The van der Waals surface area contributed by atoms with Crippen molar-refractivity contribution in [3.05, 3.63) is 101 Å². The minimum atomic E-state index is -1.27. The van der Waals surface area contributed by atoms with E-state index in [1.165, 1.54) is 28.9 Å². The number of carbonyl (C=O) groups excluding carboxylic acids is 1. The van der Waals surface area contributed by atoms with Gasteiger partial charge < -0.3 is 24.5 Å². The van der Waals surface area contributed by atoms with Gasteiger partial charge in [-0.25, -0.2) is 17.9 Å². The van der Waals surface area contributed by atoms with Crippen molar-refractivity contribution in [2.45, 2.75) is 58.6 Å². The van der Waals surface area contributed by atoms with Crippen LogP contribution in [0.15, 0.2) is 66.9 Å². The number of anilines is 1. The Morgan fingerprint density at radius 2 is 1.77 bits per heavy atom. The summed E-state index contributed by atoms with van der Waals surface area (Å²) in [6, 6.07) is 16.8. The highest BCUT2D eigenvalue weighted by Crippen LogP contribution is 2.35. The standard InChI is InChI=1S/C35H39F3N4O4Si/c1-5-45-33(43)12-9-23-7-6-8-24(17-23)18-25-19-32(39)42(40-25)31-20-26(10-11-28(31)36)46-35-29(37)21-30-27(34(35)38)13-14-41(30)22-44-15-16-47(2,3)4/h6-8,10-11,13-14,17,19-21H,5,9,12,15-16,18,22,39H2,1-4H3. The lowest BCUT2D eigenvalue weighted by atomic mass is 10.0. The van der Waals surface area contributed by atoms with Crippen LogP contribution in [-0.4, -0.2) is 41.6 Å². The van der Waals surface area contributed by atoms with E-state index in [0.717, 1.165) is 23.2 Å². The van der Waals surface area contributed by atoms with E-state index in [1.807, 2.05) is 24.3 Å². The topological polar surface area (TPSA) is 93.5 Å². The normalized spacial score (nSPS) is 11.7. The number of ether oxygens (including phenoxy) is 3. The summed E-state index contributed by atoms with van der Waals surface area (Å²) in [6.45, 7) is 9.60. The molecule has 2 heterocycles. The van der Waals surface area contributed by atoms with E-state index in [4.69, 9.17) is 19.9 Å². The van der Waals surface area contributed by atoms with E-state index in [1.54, 1.807) is 23.8 Å². The third kappa shape index (κ3) is 8.43. The number of hydrogen-bond acceptors (Lipinski definition) is 6. The van der Waals surface area contributed by atoms with E-state index >= 15 is 13.2 Å². The summed E-state index contributed by atoms with van der Waals surface area (Å²) in [5.41, 5.74) is 9.00. The summed E-state index contributed by atoms with van der Waals surface area (Å²) >= 11 is 0. The lowest BCUT2D eigenvalue weighted by Gasteiger charge is -2.16. The van der Waals surface area contributed by atoms with Crippen molar-refractivity contribution >= 4 is 30.8 Å². The molecule has 2 aromatic heterocycles. The Morgan fingerprint density at radius 1 is 0.979 bits per heavy atom. The second-order valence-electron chi connectivity index (χ2n) is 12.6. The molecule has 0 amide bonds. The Balaban J connectivity index is 1.32. The zero-order valence-corrected chi connectivity index (χ0v) is 28.0. The van der Waals surface area contributed by atoms with Crippen molar-refractivity contribution in [3.8, 4) is 17.2 Å². The number of halogens is 3. The largest absolute Gasteiger partial charge is 0.466 e. The Labute approximate surface area is 272 Å². The Hall–Kier alpha value is -4.55. The van der Waals surface area contributed by atoms with Gasteiger partial charge in [0.05, 0.1) is 17.8 Å². The Morgan fingerprint density at radius 3 is 2.53 bits per heavy atom. The molecule has 2 N–H and O–H groups in total. The number of aromatic nitrogens is 3. The molecule has 0 saturated carbocycles. The molecule has 3 aromatic carbocycles. The zero-order valence-electron chi connectivity index (χ0n) is 27.0. The van der Waals surface area contributed by atoms with Gasteiger partial charge in [0.15, 0.2) is 17.4 Å². The monoisotopic (exact) mass is 664 g/mol. The van der Waals surface area contributed by atoms with Crippen LogP contribution in [0.5, 0.6) is 11.5 Å². The number of hydrogen-bond donors (Lipinski definition) is 1. The van der Waals surface area contributed by atoms with Gasteiger partial charge in [0.2, 0.25) is 0 Å². The molecule has 0 aliphatic heterocycles. The van der Waals surface area contributed by atoms with Crippen LogP contribution in [0.3, 0.4) is 0 Å². The molecule has 0 radical (unpaired) electrons. The summed E-state index contributed by atoms with van der Waals surface area (Å²) in [5.74, 6) is -3.13. The number of carbonyl (C=O) groups is 1. The highest BCUT2D eigenvalue weighted by Gasteiger charge is 2.20. The first kappa shape index (κ1) is 33.8. The van der Waals surface area contributed by atoms with Gasteiger partial charge in [-0.3, -0.25) is 4.79 Å². The van der Waals surface area contributed by atoms with E-state index in [9.17, 15) is 4.79 Å². The van der Waals surface area contributed by atoms with Gasteiger partial charge in [-0.05, 0) is 48.7 Å². The van der Waals surface area contributed by atoms with E-state index in [2.05, 4.69) is 24.7 Å². The van der Waals surface area contributed by atoms with Gasteiger partial charge in [-0.15, -0.1) is 0 Å². The number of benzene rings is 3. The third-order valence-corrected chi connectivity index (χ3v) is 9.31. The molecular weight excluding hydrogens is 625 g/mol. The molecule has 5 rings (SSSR count). The van der Waals surface area contributed by atoms with Gasteiger partial charge in [0, 0.05) is 57.3 Å². The van der Waals surface area contributed by atoms with Crippen LogP contribution in [0.4, 0.5) is 19.0 Å². The molecule has 5 aromatic rings. The molecule has 0 aliphatic carbocycles. The maximum Gasteiger partial charge on any atom is 0.306 e. The van der Waals surface area contributed by atoms with Crippen molar-refractivity contribution in [2.24, 2.45) is 0 Å². The van der Waals surface area contributed by atoms with Crippen LogP contribution in [0.2, 0.25) is 25.7 Å². The highest BCUT2D eigenvalue weighted by atomic mass is 28.3. The number of nitrogen functional groups attached to an aromatic ring is 1. The number of nitrogens with zero attached hydrogens (tertiary/aromatic N) is 3. The van der Waals surface area contributed by atoms with E-state index in [-0.39, 0.29) is 41.8 Å². The maximum atomic E-state index is 15.6. The molecule has 0 saturated heterocycles. The predicted octanol–water partition coefficient (Wildman–Crippen LogP) is 8.02. The first-order valence-corrected chi connectivity index (χ1v) is 19.2. The summed E-state index contributed by atoms with van der Waals surface area (Å²) < 4.78 is 65.1. The number of nitrogens with two attached hydrogens (primary N) is 1. The summed E-state index contributed by atoms with van der Waals surface area (Å²) in [4.78, 5) is 11.7. The third-order valence-electron chi connectivity index (χ3n) is 7.60. The molecule has 0 unspecified atom stereocenters. The highest BCUT2D eigenvalue weighted by molar-refractivity contribution is 6.76. The molecule has 0 fully saturated rings. The fraction of sp³-hybridized carbons (Fsp3) is 0.314. The van der Waals surface area contributed by atoms with Crippen molar-refractivity contribution in [3.63, 3.8) is 0 Å². The fourth-order valence-corrected chi connectivity index (χ4v) is 5.89. The van der Waals surface area contributed by atoms with Crippen molar-refractivity contribution in [2.75, 3.05) is 18.9 Å². The molecule has 0 atom stereocenters. The lowest BCUT2D eigenvalue weighted by Crippen LogP contribution is -2.21. The smallest absolute Gasteiger partial charge is 0.306 e. The maximum absolute atomic E-state index is 15.6. The average molecular weight is 665 g/mol. The molecule has 8 nitrogen and oxygen atoms in total. The lowest BCUT2D eigenvalue weighted by molar-refractivity contribution is -0.143. The molecule has 248 valence electrons. The van der Waals surface area contributed by atoms with Crippen LogP contribution in [-0.2, 0) is 33.8 Å². The zero-order chi connectivity index (χ0) is 33.7. The van der Waals surface area contributed by atoms with Gasteiger partial charge in [-0.2, -0.15) is 5.10 Å². The predicted molar refractivity (Wildman–Crippen MR) is 178 cm³/mol. The van der Waals surface area contributed by atoms with Crippen LogP contribution in [0, 0.1) is 17.5 Å². The molecule has 47 heavy (non-hydrogen) atoms. The molecule has 0 bridgehead atoms. The number of esters is 1. The second kappa shape index (κ2) is 14.5. The molecule has 0 spiro atoms. The molecular formula is C35H39F3N4O4Si. The van der Waals surface area contributed by atoms with Gasteiger partial charge >= 0.3 is 5.97 Å². The number of fused-ring (bicyclic) bond motifs is 1. The minimum Gasteiger partial charge on any atom is -0.466 e. The first-order chi connectivity index (χ1) is 22.4. The van der Waals surface area contributed by atoms with Crippen molar-refractivity contribution < 1.29 is 32.2 Å². The Bertz CT molecular complexity index is 1880. The summed E-state index contributed by atoms with van der Waals surface area (Å²) in [7, 11) is -1.27. The summed E-state index contributed by atoms with van der Waals surface area (Å²) in [6.07, 6.45) is 2.86. The van der Waals surface area contributed by atoms with Crippen LogP contribution in [0.1, 0.15) is 30.2 Å². The van der Waals surface area contributed by atoms with Gasteiger partial charge in [-0.1, -0.05) is 43.9 Å². The average Bonchev–Trinajstić information content (AvgIpc) is 3.59. The quantitative estimate of drug-likeness (QED) is 0.0735.